The van der Waals surface area contributed by atoms with Crippen LogP contribution in [0, 0.1) is 23.5 Å². The van der Waals surface area contributed by atoms with E-state index in [1.165, 1.54) is 10.6 Å². The Morgan fingerprint density at radius 2 is 1.77 bits per heavy atom. The summed E-state index contributed by atoms with van der Waals surface area (Å²) in [6.07, 6.45) is 2.57. The lowest BCUT2D eigenvalue weighted by Gasteiger charge is -2.28. The van der Waals surface area contributed by atoms with Gasteiger partial charge in [-0.15, -0.1) is 0 Å². The molecule has 1 amide bonds. The number of aromatic nitrogens is 2. The molecule has 156 valence electrons. The van der Waals surface area contributed by atoms with Gasteiger partial charge in [-0.2, -0.15) is 0 Å². The Morgan fingerprint density at radius 1 is 1.03 bits per heavy atom. The predicted octanol–water partition coefficient (Wildman–Crippen LogP) is 3.41. The van der Waals surface area contributed by atoms with Crippen molar-refractivity contribution in [3.05, 3.63) is 74.9 Å². The van der Waals surface area contributed by atoms with Crippen molar-refractivity contribution >= 4 is 22.5 Å². The van der Waals surface area contributed by atoms with Crippen LogP contribution >= 0.6 is 0 Å². The van der Waals surface area contributed by atoms with Crippen molar-refractivity contribution in [3.8, 4) is 0 Å². The first-order valence-corrected chi connectivity index (χ1v) is 9.90. The Kier molecular flexibility index (Phi) is 5.48. The summed E-state index contributed by atoms with van der Waals surface area (Å²) < 4.78 is 27.6. The average molecular weight is 413 g/mol. The lowest BCUT2D eigenvalue weighted by molar-refractivity contribution is -0.121. The Labute approximate surface area is 170 Å². The highest BCUT2D eigenvalue weighted by atomic mass is 19.2. The molecule has 0 spiro atoms. The highest BCUT2D eigenvalue weighted by Gasteiger charge is 2.27. The molecule has 1 fully saturated rings. The van der Waals surface area contributed by atoms with E-state index in [0.717, 1.165) is 12.1 Å². The lowest BCUT2D eigenvalue weighted by atomic mass is 9.81. The largest absolute Gasteiger partial charge is 0.328 e. The van der Waals surface area contributed by atoms with Gasteiger partial charge in [-0.25, -0.2) is 13.6 Å². The Morgan fingerprint density at radius 3 is 2.50 bits per heavy atom. The van der Waals surface area contributed by atoms with E-state index in [1.807, 2.05) is 0 Å². The standard InChI is InChI=1S/C22H21F2N3O3/c23-17-10-9-15(11-18(17)24)25-20(28)14-7-5-13(6-8-14)12-27-21(29)16-3-1-2-4-19(16)26-22(27)30/h1-4,9-11,13-14H,5-8,12H2,(H,25,28)(H,26,30). The van der Waals surface area contributed by atoms with E-state index in [0.29, 0.717) is 43.1 Å². The molecule has 0 aliphatic heterocycles. The van der Waals surface area contributed by atoms with E-state index in [1.54, 1.807) is 24.3 Å². The van der Waals surface area contributed by atoms with Gasteiger partial charge in [0.2, 0.25) is 5.91 Å². The number of anilines is 1. The number of amides is 1. The van der Waals surface area contributed by atoms with Crippen molar-refractivity contribution in [2.75, 3.05) is 5.32 Å². The first-order chi connectivity index (χ1) is 14.4. The summed E-state index contributed by atoms with van der Waals surface area (Å²) in [5, 5.41) is 3.10. The van der Waals surface area contributed by atoms with Gasteiger partial charge in [-0.05, 0) is 55.9 Å². The average Bonchev–Trinajstić information content (AvgIpc) is 2.74. The van der Waals surface area contributed by atoms with Crippen molar-refractivity contribution in [1.29, 1.82) is 0 Å². The van der Waals surface area contributed by atoms with Crippen LogP contribution in [0.2, 0.25) is 0 Å². The molecule has 0 saturated heterocycles. The third-order valence-electron chi connectivity index (χ3n) is 5.73. The monoisotopic (exact) mass is 413 g/mol. The summed E-state index contributed by atoms with van der Waals surface area (Å²) in [5.41, 5.74) is -0.0129. The van der Waals surface area contributed by atoms with Gasteiger partial charge >= 0.3 is 5.69 Å². The zero-order valence-electron chi connectivity index (χ0n) is 16.2. The number of benzene rings is 2. The topological polar surface area (TPSA) is 84.0 Å². The molecule has 1 heterocycles. The molecule has 1 aromatic heterocycles. The minimum absolute atomic E-state index is 0.109. The number of carbonyl (C=O) groups is 1. The third-order valence-corrected chi connectivity index (χ3v) is 5.73. The number of fused-ring (bicyclic) bond motifs is 1. The van der Waals surface area contributed by atoms with Gasteiger partial charge in [0.05, 0.1) is 10.9 Å². The smallest absolute Gasteiger partial charge is 0.326 e. The first kappa shape index (κ1) is 20.0. The normalized spacial score (nSPS) is 19.0. The zero-order chi connectivity index (χ0) is 21.3. The van der Waals surface area contributed by atoms with Crippen LogP contribution in [-0.2, 0) is 11.3 Å². The second kappa shape index (κ2) is 8.22. The molecule has 1 aliphatic rings. The van der Waals surface area contributed by atoms with Crippen LogP contribution in [0.1, 0.15) is 25.7 Å². The number of para-hydroxylation sites is 1. The summed E-state index contributed by atoms with van der Waals surface area (Å²) in [6, 6.07) is 10.1. The fourth-order valence-electron chi connectivity index (χ4n) is 4.05. The molecule has 4 rings (SSSR count). The van der Waals surface area contributed by atoms with Crippen LogP contribution in [0.25, 0.3) is 10.9 Å². The molecule has 0 unspecified atom stereocenters. The van der Waals surface area contributed by atoms with Gasteiger partial charge in [0, 0.05) is 24.2 Å². The van der Waals surface area contributed by atoms with Crippen molar-refractivity contribution in [1.82, 2.24) is 9.55 Å². The van der Waals surface area contributed by atoms with Crippen LogP contribution in [-0.4, -0.2) is 15.5 Å². The van der Waals surface area contributed by atoms with E-state index in [-0.39, 0.29) is 29.0 Å². The molecule has 1 saturated carbocycles. The molecular formula is C22H21F2N3O3. The molecule has 2 N–H and O–H groups in total. The molecule has 0 bridgehead atoms. The molecule has 0 atom stereocenters. The fourth-order valence-corrected chi connectivity index (χ4v) is 4.05. The van der Waals surface area contributed by atoms with Crippen LogP contribution in [0.4, 0.5) is 14.5 Å². The summed E-state index contributed by atoms with van der Waals surface area (Å²) in [7, 11) is 0. The minimum atomic E-state index is -1.01. The SMILES string of the molecule is O=C(Nc1ccc(F)c(F)c1)C1CCC(Cn2c(=O)[nH]c3ccccc3c2=O)CC1. The van der Waals surface area contributed by atoms with E-state index in [2.05, 4.69) is 10.3 Å². The fraction of sp³-hybridized carbons (Fsp3) is 0.318. The maximum absolute atomic E-state index is 13.3. The van der Waals surface area contributed by atoms with E-state index in [9.17, 15) is 23.2 Å². The van der Waals surface area contributed by atoms with Gasteiger partial charge in [-0.3, -0.25) is 14.2 Å². The number of hydrogen-bond donors (Lipinski definition) is 2. The second-order valence-electron chi connectivity index (χ2n) is 7.73. The number of nitrogens with zero attached hydrogens (tertiary/aromatic N) is 1. The van der Waals surface area contributed by atoms with Crippen molar-refractivity contribution < 1.29 is 13.6 Å². The summed E-state index contributed by atoms with van der Waals surface area (Å²) in [6.45, 7) is 0.302. The van der Waals surface area contributed by atoms with Crippen LogP contribution < -0.4 is 16.6 Å². The highest BCUT2D eigenvalue weighted by Crippen LogP contribution is 2.30. The van der Waals surface area contributed by atoms with Gasteiger partial charge < -0.3 is 10.3 Å². The van der Waals surface area contributed by atoms with Gasteiger partial charge in [-0.1, -0.05) is 12.1 Å². The Hall–Kier alpha value is -3.29. The Balaban J connectivity index is 1.40. The molecule has 8 heteroatoms. The molecule has 2 aromatic carbocycles. The second-order valence-corrected chi connectivity index (χ2v) is 7.73. The van der Waals surface area contributed by atoms with Gasteiger partial charge in [0.1, 0.15) is 0 Å². The molecular weight excluding hydrogens is 392 g/mol. The molecule has 3 aromatic rings. The maximum Gasteiger partial charge on any atom is 0.328 e. The summed E-state index contributed by atoms with van der Waals surface area (Å²) >= 11 is 0. The lowest BCUT2D eigenvalue weighted by Crippen LogP contribution is -2.38. The van der Waals surface area contributed by atoms with Gasteiger partial charge in [0.25, 0.3) is 5.56 Å². The van der Waals surface area contributed by atoms with E-state index in [4.69, 9.17) is 0 Å². The third kappa shape index (κ3) is 4.03. The number of halogens is 2. The number of hydrogen-bond acceptors (Lipinski definition) is 3. The van der Waals surface area contributed by atoms with Crippen molar-refractivity contribution in [3.63, 3.8) is 0 Å². The number of H-pyrrole nitrogens is 1. The zero-order valence-corrected chi connectivity index (χ0v) is 16.2. The number of nitrogens with one attached hydrogen (secondary N) is 2. The van der Waals surface area contributed by atoms with Crippen LogP contribution in [0.5, 0.6) is 0 Å². The molecule has 30 heavy (non-hydrogen) atoms. The maximum atomic E-state index is 13.3. The number of carbonyl (C=O) groups excluding carboxylic acids is 1. The van der Waals surface area contributed by atoms with Crippen LogP contribution in [0.3, 0.4) is 0 Å². The summed E-state index contributed by atoms with van der Waals surface area (Å²) in [4.78, 5) is 40.2. The first-order valence-electron chi connectivity index (χ1n) is 9.90. The quantitative estimate of drug-likeness (QED) is 0.688. The molecule has 6 nitrogen and oxygen atoms in total. The minimum Gasteiger partial charge on any atom is -0.326 e. The van der Waals surface area contributed by atoms with Crippen LogP contribution in [0.15, 0.2) is 52.1 Å². The number of rotatable bonds is 4. The molecule has 1 aliphatic carbocycles. The van der Waals surface area contributed by atoms with Crippen molar-refractivity contribution in [2.45, 2.75) is 32.2 Å². The molecule has 0 radical (unpaired) electrons. The van der Waals surface area contributed by atoms with Crippen molar-refractivity contribution in [2.24, 2.45) is 11.8 Å². The van der Waals surface area contributed by atoms with E-state index >= 15 is 0 Å². The number of aromatic amines is 1. The van der Waals surface area contributed by atoms with E-state index < -0.39 is 17.3 Å². The predicted molar refractivity (Wildman–Crippen MR) is 109 cm³/mol. The Bertz CT molecular complexity index is 1210. The van der Waals surface area contributed by atoms with Gasteiger partial charge in [0.15, 0.2) is 11.6 Å². The highest BCUT2D eigenvalue weighted by molar-refractivity contribution is 5.92. The summed E-state index contributed by atoms with van der Waals surface area (Å²) in [5.74, 6) is -2.35.